The Hall–Kier alpha value is -0.910. The largest absolute Gasteiger partial charge is 0.313 e. The molecule has 0 amide bonds. The summed E-state index contributed by atoms with van der Waals surface area (Å²) in [5, 5.41) is 3.32. The number of terminal acetylenes is 1. The standard InChI is InChI=1S/C13H17NS/c1-4-5-9-12(14-2)11-8-6-7-10-13(11)15-3/h1,6-8,10,12,14H,5,9H2,2-3H3. The third-order valence-electron chi connectivity index (χ3n) is 2.44. The van der Waals surface area contributed by atoms with Crippen LogP contribution < -0.4 is 5.32 Å². The van der Waals surface area contributed by atoms with Gasteiger partial charge in [-0.1, -0.05) is 18.2 Å². The Balaban J connectivity index is 2.86. The van der Waals surface area contributed by atoms with E-state index < -0.39 is 0 Å². The molecule has 0 bridgehead atoms. The average molecular weight is 219 g/mol. The molecule has 1 unspecified atom stereocenters. The zero-order chi connectivity index (χ0) is 11.1. The van der Waals surface area contributed by atoms with Gasteiger partial charge in [-0.2, -0.15) is 0 Å². The highest BCUT2D eigenvalue weighted by atomic mass is 32.2. The minimum atomic E-state index is 0.365. The zero-order valence-electron chi connectivity index (χ0n) is 9.29. The van der Waals surface area contributed by atoms with Gasteiger partial charge in [-0.3, -0.25) is 0 Å². The highest BCUT2D eigenvalue weighted by molar-refractivity contribution is 7.98. The number of nitrogens with one attached hydrogen (secondary N) is 1. The minimum Gasteiger partial charge on any atom is -0.313 e. The van der Waals surface area contributed by atoms with Crippen LogP contribution in [0.5, 0.6) is 0 Å². The Labute approximate surface area is 96.7 Å². The molecule has 2 heteroatoms. The van der Waals surface area contributed by atoms with Gasteiger partial charge in [0.25, 0.3) is 0 Å². The van der Waals surface area contributed by atoms with E-state index in [9.17, 15) is 0 Å². The molecule has 1 rings (SSSR count). The molecule has 0 heterocycles. The molecule has 0 spiro atoms. The van der Waals surface area contributed by atoms with Gasteiger partial charge in [-0.25, -0.2) is 0 Å². The Morgan fingerprint density at radius 1 is 1.47 bits per heavy atom. The van der Waals surface area contributed by atoms with Crippen LogP contribution in [0.25, 0.3) is 0 Å². The molecule has 1 N–H and O–H groups in total. The highest BCUT2D eigenvalue weighted by Gasteiger charge is 2.11. The summed E-state index contributed by atoms with van der Waals surface area (Å²) in [5.74, 6) is 2.69. The third-order valence-corrected chi connectivity index (χ3v) is 3.25. The second kappa shape index (κ2) is 6.55. The van der Waals surface area contributed by atoms with Crippen LogP contribution in [0.15, 0.2) is 29.2 Å². The zero-order valence-corrected chi connectivity index (χ0v) is 10.1. The molecule has 0 aliphatic carbocycles. The van der Waals surface area contributed by atoms with E-state index in [4.69, 9.17) is 6.42 Å². The van der Waals surface area contributed by atoms with E-state index in [1.807, 2.05) is 7.05 Å². The van der Waals surface area contributed by atoms with Crippen molar-refractivity contribution >= 4 is 11.8 Å². The van der Waals surface area contributed by atoms with Crippen LogP contribution in [0.1, 0.15) is 24.4 Å². The Bertz CT molecular complexity index is 341. The second-order valence-electron chi connectivity index (χ2n) is 3.33. The van der Waals surface area contributed by atoms with Crippen molar-refractivity contribution in [3.05, 3.63) is 29.8 Å². The van der Waals surface area contributed by atoms with Crippen LogP contribution in [0, 0.1) is 12.3 Å². The van der Waals surface area contributed by atoms with Gasteiger partial charge < -0.3 is 5.32 Å². The van der Waals surface area contributed by atoms with Crippen molar-refractivity contribution in [2.75, 3.05) is 13.3 Å². The molecule has 1 aromatic carbocycles. The van der Waals surface area contributed by atoms with Gasteiger partial charge in [0.15, 0.2) is 0 Å². The van der Waals surface area contributed by atoms with Gasteiger partial charge in [-0.05, 0) is 31.4 Å². The summed E-state index contributed by atoms with van der Waals surface area (Å²) in [6.07, 6.45) is 9.21. The summed E-state index contributed by atoms with van der Waals surface area (Å²) in [7, 11) is 1.98. The van der Waals surface area contributed by atoms with E-state index >= 15 is 0 Å². The van der Waals surface area contributed by atoms with E-state index in [-0.39, 0.29) is 0 Å². The molecule has 0 aromatic heterocycles. The first-order chi connectivity index (χ1) is 7.33. The predicted octanol–water partition coefficient (Wildman–Crippen LogP) is 3.08. The van der Waals surface area contributed by atoms with Gasteiger partial charge in [0.1, 0.15) is 0 Å². The molecular formula is C13H17NS. The summed E-state index contributed by atoms with van der Waals surface area (Å²) >= 11 is 1.78. The van der Waals surface area contributed by atoms with Crippen LogP contribution in [0.2, 0.25) is 0 Å². The van der Waals surface area contributed by atoms with Crippen LogP contribution in [-0.4, -0.2) is 13.3 Å². The normalized spacial score (nSPS) is 12.1. The van der Waals surface area contributed by atoms with E-state index in [1.165, 1.54) is 10.5 Å². The van der Waals surface area contributed by atoms with Gasteiger partial charge in [0.2, 0.25) is 0 Å². The van der Waals surface area contributed by atoms with Crippen molar-refractivity contribution in [3.8, 4) is 12.3 Å². The van der Waals surface area contributed by atoms with Crippen molar-refractivity contribution in [1.29, 1.82) is 0 Å². The highest BCUT2D eigenvalue weighted by Crippen LogP contribution is 2.27. The number of thioether (sulfide) groups is 1. The van der Waals surface area contributed by atoms with Crippen LogP contribution in [0.3, 0.4) is 0 Å². The fourth-order valence-corrected chi connectivity index (χ4v) is 2.30. The lowest BCUT2D eigenvalue weighted by Gasteiger charge is -2.18. The van der Waals surface area contributed by atoms with E-state index in [1.54, 1.807) is 11.8 Å². The summed E-state index contributed by atoms with van der Waals surface area (Å²) < 4.78 is 0. The molecule has 1 atom stereocenters. The van der Waals surface area contributed by atoms with Crippen molar-refractivity contribution in [3.63, 3.8) is 0 Å². The maximum Gasteiger partial charge on any atom is 0.0337 e. The van der Waals surface area contributed by atoms with Gasteiger partial charge in [0, 0.05) is 17.4 Å². The first-order valence-electron chi connectivity index (χ1n) is 5.07. The molecule has 0 saturated heterocycles. The van der Waals surface area contributed by atoms with Crippen LogP contribution in [0.4, 0.5) is 0 Å². The molecule has 0 aliphatic rings. The van der Waals surface area contributed by atoms with E-state index in [2.05, 4.69) is 41.8 Å². The molecule has 0 radical (unpaired) electrons. The fourth-order valence-electron chi connectivity index (χ4n) is 1.64. The maximum atomic E-state index is 5.30. The topological polar surface area (TPSA) is 12.0 Å². The van der Waals surface area contributed by atoms with E-state index in [0.717, 1.165) is 12.8 Å². The number of benzene rings is 1. The molecule has 1 aromatic rings. The van der Waals surface area contributed by atoms with Crippen molar-refractivity contribution in [2.45, 2.75) is 23.8 Å². The molecule has 0 fully saturated rings. The molecule has 1 nitrogen and oxygen atoms in total. The summed E-state index contributed by atoms with van der Waals surface area (Å²) in [4.78, 5) is 1.33. The van der Waals surface area contributed by atoms with Crippen molar-refractivity contribution < 1.29 is 0 Å². The number of rotatable bonds is 5. The van der Waals surface area contributed by atoms with Gasteiger partial charge in [-0.15, -0.1) is 24.1 Å². The monoisotopic (exact) mass is 219 g/mol. The maximum absolute atomic E-state index is 5.30. The molecular weight excluding hydrogens is 202 g/mol. The summed E-state index contributed by atoms with van der Waals surface area (Å²) in [6.45, 7) is 0. The molecule has 80 valence electrons. The molecule has 15 heavy (non-hydrogen) atoms. The minimum absolute atomic E-state index is 0.365. The summed E-state index contributed by atoms with van der Waals surface area (Å²) in [5.41, 5.74) is 1.35. The lowest BCUT2D eigenvalue weighted by atomic mass is 10.0. The quantitative estimate of drug-likeness (QED) is 0.603. The van der Waals surface area contributed by atoms with Gasteiger partial charge >= 0.3 is 0 Å². The lowest BCUT2D eigenvalue weighted by molar-refractivity contribution is 0.550. The van der Waals surface area contributed by atoms with Crippen molar-refractivity contribution in [1.82, 2.24) is 5.32 Å². The third kappa shape index (κ3) is 3.30. The van der Waals surface area contributed by atoms with Crippen molar-refractivity contribution in [2.24, 2.45) is 0 Å². The molecule has 0 saturated carbocycles. The Kier molecular flexibility index (Phi) is 5.31. The Morgan fingerprint density at radius 3 is 2.80 bits per heavy atom. The van der Waals surface area contributed by atoms with Crippen LogP contribution in [-0.2, 0) is 0 Å². The summed E-state index contributed by atoms with van der Waals surface area (Å²) in [6, 6.07) is 8.84. The average Bonchev–Trinajstić information content (AvgIpc) is 2.30. The first-order valence-corrected chi connectivity index (χ1v) is 6.29. The van der Waals surface area contributed by atoms with Crippen LogP contribution >= 0.6 is 11.8 Å². The predicted molar refractivity (Wildman–Crippen MR) is 68.1 cm³/mol. The first kappa shape index (κ1) is 12.2. The fraction of sp³-hybridized carbons (Fsp3) is 0.385. The number of hydrogen-bond acceptors (Lipinski definition) is 2. The number of hydrogen-bond donors (Lipinski definition) is 1. The smallest absolute Gasteiger partial charge is 0.0337 e. The SMILES string of the molecule is C#CCCC(NC)c1ccccc1SC. The van der Waals surface area contributed by atoms with Gasteiger partial charge in [0.05, 0.1) is 0 Å². The Morgan fingerprint density at radius 2 is 2.20 bits per heavy atom. The van der Waals surface area contributed by atoms with E-state index in [0.29, 0.717) is 6.04 Å². The lowest BCUT2D eigenvalue weighted by Crippen LogP contribution is -2.16. The second-order valence-corrected chi connectivity index (χ2v) is 4.17. The molecule has 0 aliphatic heterocycles.